The summed E-state index contributed by atoms with van der Waals surface area (Å²) in [7, 11) is 0. The summed E-state index contributed by atoms with van der Waals surface area (Å²) in [5, 5.41) is 4.79. The van der Waals surface area contributed by atoms with Gasteiger partial charge in [0, 0.05) is 33.7 Å². The maximum atomic E-state index is 6.55. The largest absolute Gasteiger partial charge is 0.456 e. The molecule has 0 fully saturated rings. The van der Waals surface area contributed by atoms with Crippen LogP contribution in [0.2, 0.25) is 0 Å². The van der Waals surface area contributed by atoms with Crippen LogP contribution in [0, 0.1) is 11.8 Å². The summed E-state index contributed by atoms with van der Waals surface area (Å²) >= 11 is 0. The number of hydrogen-bond acceptors (Lipinski definition) is 2. The Bertz CT molecular complexity index is 3350. The van der Waals surface area contributed by atoms with Crippen LogP contribution >= 0.6 is 0 Å². The maximum absolute atomic E-state index is 6.55. The monoisotopic (exact) mass is 799 g/mol. The van der Waals surface area contributed by atoms with Crippen LogP contribution in [0.15, 0.2) is 179 Å². The Hall–Kier alpha value is -7.08. The van der Waals surface area contributed by atoms with E-state index in [0.29, 0.717) is 0 Å². The van der Waals surface area contributed by atoms with E-state index < -0.39 is 0 Å². The second kappa shape index (κ2) is 14.5. The van der Waals surface area contributed by atoms with Gasteiger partial charge in [0.25, 0.3) is 0 Å². The number of nitrogens with zero attached hydrogens (tertiary/aromatic N) is 1. The molecule has 0 radical (unpaired) electrons. The van der Waals surface area contributed by atoms with E-state index in [0.717, 1.165) is 52.7 Å². The Labute approximate surface area is 364 Å². The van der Waals surface area contributed by atoms with Crippen LogP contribution < -0.4 is 15.5 Å². The van der Waals surface area contributed by atoms with Gasteiger partial charge in [0.15, 0.2) is 0 Å². The normalized spacial score (nSPS) is 15.2. The van der Waals surface area contributed by atoms with E-state index >= 15 is 0 Å². The number of fused-ring (bicyclic) bond motifs is 6. The molecule has 0 saturated heterocycles. The second-order valence-electron chi connectivity index (χ2n) is 18.6. The molecule has 300 valence electrons. The van der Waals surface area contributed by atoms with Crippen LogP contribution in [0.1, 0.15) is 76.1 Å². The van der Waals surface area contributed by atoms with Gasteiger partial charge < -0.3 is 9.32 Å². The maximum Gasteiger partial charge on any atom is 0.135 e. The highest BCUT2D eigenvalue weighted by Crippen LogP contribution is 2.50. The zero-order valence-electron chi connectivity index (χ0n) is 36.1. The second-order valence-corrected chi connectivity index (χ2v) is 18.6. The third-order valence-corrected chi connectivity index (χ3v) is 13.5. The highest BCUT2D eigenvalue weighted by atomic mass is 16.3. The Morgan fingerprint density at radius 2 is 1.27 bits per heavy atom. The van der Waals surface area contributed by atoms with E-state index in [9.17, 15) is 0 Å². The number of allylic oxidation sites excluding steroid dienone is 4. The van der Waals surface area contributed by atoms with Crippen molar-refractivity contribution in [3.05, 3.63) is 208 Å². The molecule has 3 aliphatic rings. The van der Waals surface area contributed by atoms with E-state index in [1.807, 2.05) is 0 Å². The van der Waals surface area contributed by atoms with Gasteiger partial charge in [0.1, 0.15) is 11.0 Å². The van der Waals surface area contributed by atoms with Crippen molar-refractivity contribution in [2.24, 2.45) is 0 Å². The summed E-state index contributed by atoms with van der Waals surface area (Å²) in [6, 6.07) is 57.9. The first kappa shape index (κ1) is 37.9. The summed E-state index contributed by atoms with van der Waals surface area (Å²) < 4.78 is 6.55. The van der Waals surface area contributed by atoms with Crippen molar-refractivity contribution in [2.75, 3.05) is 4.90 Å². The van der Waals surface area contributed by atoms with Crippen LogP contribution in [-0.2, 0) is 10.8 Å². The van der Waals surface area contributed by atoms with Gasteiger partial charge >= 0.3 is 0 Å². The van der Waals surface area contributed by atoms with Crippen LogP contribution in [-0.4, -0.2) is 0 Å². The van der Waals surface area contributed by atoms with Crippen molar-refractivity contribution in [1.82, 2.24) is 0 Å². The molecule has 0 spiro atoms. The molecule has 0 bridgehead atoms. The van der Waals surface area contributed by atoms with E-state index in [4.69, 9.17) is 4.42 Å². The summed E-state index contributed by atoms with van der Waals surface area (Å²) in [6.45, 7) is 11.5. The number of hydrogen-bond donors (Lipinski definition) is 0. The molecule has 0 amide bonds. The third-order valence-electron chi connectivity index (χ3n) is 13.5. The van der Waals surface area contributed by atoms with Crippen LogP contribution in [0.5, 0.6) is 0 Å². The molecule has 0 N–H and O–H groups in total. The number of anilines is 2. The Kier molecular flexibility index (Phi) is 8.88. The molecule has 8 aromatic rings. The van der Waals surface area contributed by atoms with Gasteiger partial charge in [0.05, 0.1) is 11.4 Å². The SMILES string of the molecule is CC(C)(C)c1ccc(-c2ccc(-c3ccc(N(C4=CC5=C(CC#C4)C(C)(C)c4ccccc45)c4ccc5ccccc5c4C4=c5c(oc6ccccc56)=CCC4)cc3)cc2)cc1. The predicted molar refractivity (Wildman–Crippen MR) is 261 cm³/mol. The molecular weight excluding hydrogens is 751 g/mol. The smallest absolute Gasteiger partial charge is 0.135 e. The lowest BCUT2D eigenvalue weighted by Crippen LogP contribution is -2.27. The van der Waals surface area contributed by atoms with E-state index in [-0.39, 0.29) is 10.8 Å². The molecule has 11 rings (SSSR count). The zero-order chi connectivity index (χ0) is 42.2. The van der Waals surface area contributed by atoms with Gasteiger partial charge in [-0.15, -0.1) is 0 Å². The zero-order valence-corrected chi connectivity index (χ0v) is 36.1. The molecule has 62 heavy (non-hydrogen) atoms. The third kappa shape index (κ3) is 6.26. The molecule has 1 heterocycles. The molecule has 1 aromatic heterocycles. The lowest BCUT2D eigenvalue weighted by atomic mass is 9.80. The van der Waals surface area contributed by atoms with Gasteiger partial charge in [-0.05, 0) is 127 Å². The summed E-state index contributed by atoms with van der Waals surface area (Å²) in [5.41, 5.74) is 19.1. The molecule has 7 aromatic carbocycles. The first-order chi connectivity index (χ1) is 30.1. The average molecular weight is 800 g/mol. The fourth-order valence-corrected chi connectivity index (χ4v) is 10.2. The Morgan fingerprint density at radius 1 is 0.645 bits per heavy atom. The van der Waals surface area contributed by atoms with E-state index in [1.54, 1.807) is 0 Å². The minimum Gasteiger partial charge on any atom is -0.456 e. The number of furan rings is 1. The summed E-state index contributed by atoms with van der Waals surface area (Å²) in [5.74, 6) is 7.41. The first-order valence-corrected chi connectivity index (χ1v) is 22.0. The Morgan fingerprint density at radius 3 is 2.00 bits per heavy atom. The fraction of sp³-hybridized carbons (Fsp3) is 0.167. The van der Waals surface area contributed by atoms with Gasteiger partial charge in [0.2, 0.25) is 0 Å². The fourth-order valence-electron chi connectivity index (χ4n) is 10.2. The molecular formula is C60H49NO. The quantitative estimate of drug-likeness (QED) is 0.156. The van der Waals surface area contributed by atoms with Gasteiger partial charge in [-0.1, -0.05) is 174 Å². The number of benzene rings is 7. The van der Waals surface area contributed by atoms with Crippen molar-refractivity contribution < 1.29 is 4.42 Å². The molecule has 2 heteroatoms. The van der Waals surface area contributed by atoms with Crippen molar-refractivity contribution in [3.8, 4) is 34.1 Å². The highest BCUT2D eigenvalue weighted by Gasteiger charge is 2.37. The highest BCUT2D eigenvalue weighted by molar-refractivity contribution is 6.03. The van der Waals surface area contributed by atoms with Crippen LogP contribution in [0.3, 0.4) is 0 Å². The van der Waals surface area contributed by atoms with Gasteiger partial charge in [-0.25, -0.2) is 0 Å². The molecule has 2 nitrogen and oxygen atoms in total. The summed E-state index contributed by atoms with van der Waals surface area (Å²) in [4.78, 5) is 2.43. The lowest BCUT2D eigenvalue weighted by Gasteiger charge is -2.30. The minimum absolute atomic E-state index is 0.105. The van der Waals surface area contributed by atoms with Crippen molar-refractivity contribution in [1.29, 1.82) is 0 Å². The molecule has 0 unspecified atom stereocenters. The average Bonchev–Trinajstić information content (AvgIpc) is 3.66. The molecule has 0 saturated carbocycles. The lowest BCUT2D eigenvalue weighted by molar-refractivity contribution is 0.571. The topological polar surface area (TPSA) is 16.4 Å². The first-order valence-electron chi connectivity index (χ1n) is 22.0. The van der Waals surface area contributed by atoms with Crippen LogP contribution in [0.25, 0.3) is 61.2 Å². The number of para-hydroxylation sites is 1. The Balaban J connectivity index is 1.09. The van der Waals surface area contributed by atoms with Gasteiger partial charge in [-0.3, -0.25) is 0 Å². The number of rotatable bonds is 6. The summed E-state index contributed by atoms with van der Waals surface area (Å²) in [6.07, 6.45) is 7.18. The molecule has 3 aliphatic carbocycles. The minimum atomic E-state index is -0.105. The van der Waals surface area contributed by atoms with Gasteiger partial charge in [-0.2, -0.15) is 0 Å². The van der Waals surface area contributed by atoms with Crippen LogP contribution in [0.4, 0.5) is 11.4 Å². The standard InChI is InChI=1S/C60H49NO/c1-59(2,3)44-33-28-41(29-34-44)39-24-26-40(27-25-39)42-30-35-45(36-31-42)61(46-15-12-21-53-51(38-46)48-17-8-10-20-52(48)60(53,4)5)54-37-32-43-14-6-7-16-47(43)57(54)50-19-13-23-56-58(50)49-18-9-11-22-55(49)62-56/h6-11,14,16-18,20,22-38H,13,19,21H2,1-5H3. The molecule has 0 atom stereocenters. The van der Waals surface area contributed by atoms with Crippen molar-refractivity contribution in [2.45, 2.75) is 64.7 Å². The van der Waals surface area contributed by atoms with Crippen molar-refractivity contribution >= 4 is 50.3 Å². The van der Waals surface area contributed by atoms with Crippen molar-refractivity contribution in [3.63, 3.8) is 0 Å². The molecule has 0 aliphatic heterocycles. The van der Waals surface area contributed by atoms with E-state index in [2.05, 4.69) is 221 Å². The van der Waals surface area contributed by atoms with E-state index in [1.165, 1.54) is 77.2 Å². The predicted octanol–water partition coefficient (Wildman–Crippen LogP) is 14.2.